The Morgan fingerprint density at radius 2 is 1.58 bits per heavy atom. The van der Waals surface area contributed by atoms with Crippen LogP contribution >= 0.6 is 0 Å². The fourth-order valence-corrected chi connectivity index (χ4v) is 2.22. The first kappa shape index (κ1) is 19.4. The number of hydrogen-bond acceptors (Lipinski definition) is 5. The molecule has 0 aliphatic rings. The Morgan fingerprint density at radius 3 is 2.27 bits per heavy atom. The number of allylic oxidation sites excluding steroid dienone is 1. The molecule has 2 aromatic rings. The lowest BCUT2D eigenvalue weighted by Crippen LogP contribution is -2.13. The average Bonchev–Trinajstić information content (AvgIpc) is 2.69. The highest BCUT2D eigenvalue weighted by molar-refractivity contribution is 5.85. The zero-order chi connectivity index (χ0) is 18.6. The van der Waals surface area contributed by atoms with Gasteiger partial charge in [0.15, 0.2) is 5.76 Å². The van der Waals surface area contributed by atoms with Crippen molar-refractivity contribution in [3.63, 3.8) is 0 Å². The monoisotopic (exact) mass is 356 g/mol. The lowest BCUT2D eigenvalue weighted by molar-refractivity contribution is -0.142. The molecule has 0 fully saturated rings. The van der Waals surface area contributed by atoms with Crippen LogP contribution in [-0.2, 0) is 16.0 Å². The fraction of sp³-hybridized carbons (Fsp3) is 0.286. The van der Waals surface area contributed by atoms with E-state index in [2.05, 4.69) is 0 Å². The van der Waals surface area contributed by atoms with Crippen LogP contribution in [0.5, 0.6) is 11.5 Å². The molecule has 0 aromatic heterocycles. The van der Waals surface area contributed by atoms with Crippen molar-refractivity contribution in [3.8, 4) is 11.5 Å². The Kier molecular flexibility index (Phi) is 8.06. The van der Waals surface area contributed by atoms with Gasteiger partial charge in [-0.3, -0.25) is 0 Å². The van der Waals surface area contributed by atoms with Gasteiger partial charge in [-0.25, -0.2) is 4.79 Å². The molecule has 0 radical (unpaired) electrons. The second-order valence-electron chi connectivity index (χ2n) is 5.57. The van der Waals surface area contributed by atoms with Gasteiger partial charge in [0.1, 0.15) is 24.7 Å². The molecule has 5 nitrogen and oxygen atoms in total. The van der Waals surface area contributed by atoms with Gasteiger partial charge in [-0.15, -0.1) is 0 Å². The van der Waals surface area contributed by atoms with Crippen LogP contribution < -0.4 is 9.47 Å². The number of carbonyl (C=O) groups excluding carboxylic acids is 1. The van der Waals surface area contributed by atoms with Crippen LogP contribution in [0, 0.1) is 0 Å². The van der Waals surface area contributed by atoms with Crippen molar-refractivity contribution in [3.05, 3.63) is 72.0 Å². The van der Waals surface area contributed by atoms with Crippen LogP contribution in [0.3, 0.4) is 0 Å². The molecular formula is C21H24O5. The predicted molar refractivity (Wildman–Crippen MR) is 99.5 cm³/mol. The quantitative estimate of drug-likeness (QED) is 0.301. The van der Waals surface area contributed by atoms with E-state index in [9.17, 15) is 4.79 Å². The molecule has 1 N–H and O–H groups in total. The minimum Gasteiger partial charge on any atom is -0.502 e. The highest BCUT2D eigenvalue weighted by atomic mass is 16.6. The van der Waals surface area contributed by atoms with E-state index >= 15 is 0 Å². The first-order valence-corrected chi connectivity index (χ1v) is 8.61. The Bertz CT molecular complexity index is 692. The second-order valence-corrected chi connectivity index (χ2v) is 5.57. The van der Waals surface area contributed by atoms with Gasteiger partial charge in [0.2, 0.25) is 0 Å². The molecule has 0 spiro atoms. The number of carbonyl (C=O) groups is 1. The molecular weight excluding hydrogens is 332 g/mol. The molecule has 0 saturated carbocycles. The molecule has 0 aliphatic carbocycles. The largest absolute Gasteiger partial charge is 0.502 e. The van der Waals surface area contributed by atoms with Gasteiger partial charge in [-0.05, 0) is 55.7 Å². The summed E-state index contributed by atoms with van der Waals surface area (Å²) in [6.45, 7) is 2.54. The molecule has 2 aromatic carbocycles. The molecule has 138 valence electrons. The van der Waals surface area contributed by atoms with Crippen LogP contribution in [0.2, 0.25) is 0 Å². The Labute approximate surface area is 153 Å². The van der Waals surface area contributed by atoms with Crippen molar-refractivity contribution >= 4 is 5.97 Å². The van der Waals surface area contributed by atoms with E-state index in [-0.39, 0.29) is 13.2 Å². The first-order valence-electron chi connectivity index (χ1n) is 8.61. The highest BCUT2D eigenvalue weighted by Crippen LogP contribution is 2.14. The Balaban J connectivity index is 1.62. The maximum Gasteiger partial charge on any atom is 0.373 e. The third-order valence-corrected chi connectivity index (χ3v) is 3.61. The van der Waals surface area contributed by atoms with E-state index in [4.69, 9.17) is 19.3 Å². The Morgan fingerprint density at radius 1 is 0.923 bits per heavy atom. The van der Waals surface area contributed by atoms with Crippen molar-refractivity contribution in [2.75, 3.05) is 19.8 Å². The molecule has 5 heteroatoms. The van der Waals surface area contributed by atoms with Gasteiger partial charge >= 0.3 is 5.97 Å². The summed E-state index contributed by atoms with van der Waals surface area (Å²) in [5.41, 5.74) is 1.21. The van der Waals surface area contributed by atoms with E-state index in [1.54, 1.807) is 6.92 Å². The van der Waals surface area contributed by atoms with E-state index in [1.807, 2.05) is 54.6 Å². The van der Waals surface area contributed by atoms with Gasteiger partial charge in [0.25, 0.3) is 0 Å². The van der Waals surface area contributed by atoms with E-state index < -0.39 is 11.7 Å². The number of benzene rings is 2. The minimum absolute atomic E-state index is 0.0787. The summed E-state index contributed by atoms with van der Waals surface area (Å²) in [6, 6.07) is 17.6. The summed E-state index contributed by atoms with van der Waals surface area (Å²) in [5, 5.41) is 9.16. The summed E-state index contributed by atoms with van der Waals surface area (Å²) in [6.07, 6.45) is 3.14. The maximum absolute atomic E-state index is 11.2. The molecule has 2 rings (SSSR count). The van der Waals surface area contributed by atoms with Crippen LogP contribution in [0.4, 0.5) is 0 Å². The van der Waals surface area contributed by atoms with Crippen molar-refractivity contribution in [1.82, 2.24) is 0 Å². The van der Waals surface area contributed by atoms with Crippen LogP contribution in [-0.4, -0.2) is 30.9 Å². The molecule has 0 unspecified atom stereocenters. The van der Waals surface area contributed by atoms with Gasteiger partial charge in [-0.1, -0.05) is 30.3 Å². The maximum atomic E-state index is 11.2. The molecule has 0 bridgehead atoms. The van der Waals surface area contributed by atoms with Crippen molar-refractivity contribution in [1.29, 1.82) is 0 Å². The third kappa shape index (κ3) is 6.89. The number of rotatable bonds is 10. The number of aliphatic hydroxyl groups excluding tert-OH is 1. The molecule has 0 aliphatic heterocycles. The zero-order valence-electron chi connectivity index (χ0n) is 14.9. The van der Waals surface area contributed by atoms with Crippen molar-refractivity contribution in [2.45, 2.75) is 19.8 Å². The van der Waals surface area contributed by atoms with Gasteiger partial charge in [-0.2, -0.15) is 0 Å². The van der Waals surface area contributed by atoms with Crippen molar-refractivity contribution in [2.24, 2.45) is 0 Å². The molecule has 0 atom stereocenters. The smallest absolute Gasteiger partial charge is 0.373 e. The van der Waals surface area contributed by atoms with Crippen LogP contribution in [0.25, 0.3) is 0 Å². The lowest BCUT2D eigenvalue weighted by Gasteiger charge is -2.08. The fourth-order valence-electron chi connectivity index (χ4n) is 2.22. The third-order valence-electron chi connectivity index (χ3n) is 3.61. The normalized spacial score (nSPS) is 11.0. The highest BCUT2D eigenvalue weighted by Gasteiger charge is 2.07. The number of ether oxygens (including phenoxy) is 3. The van der Waals surface area contributed by atoms with E-state index in [0.717, 1.165) is 18.6 Å². The molecule has 0 saturated heterocycles. The summed E-state index contributed by atoms with van der Waals surface area (Å²) >= 11 is 0. The number of hydrogen-bond donors (Lipinski definition) is 1. The number of esters is 1. The van der Waals surface area contributed by atoms with Gasteiger partial charge < -0.3 is 19.3 Å². The predicted octanol–water partition coefficient (Wildman–Crippen LogP) is 4.08. The topological polar surface area (TPSA) is 65.0 Å². The molecule has 26 heavy (non-hydrogen) atoms. The van der Waals surface area contributed by atoms with Crippen LogP contribution in [0.1, 0.15) is 18.9 Å². The Hall–Kier alpha value is -2.95. The van der Waals surface area contributed by atoms with Gasteiger partial charge in [0.05, 0.1) is 6.61 Å². The second kappa shape index (κ2) is 10.8. The SMILES string of the molecule is CC=C(O)C(=O)OCCOc1ccc(CCCOc2ccccc2)cc1. The number of aliphatic hydroxyl groups is 1. The van der Waals surface area contributed by atoms with E-state index in [1.165, 1.54) is 11.6 Å². The zero-order valence-corrected chi connectivity index (χ0v) is 14.9. The van der Waals surface area contributed by atoms with Crippen LogP contribution in [0.15, 0.2) is 66.4 Å². The number of aryl methyl sites for hydroxylation is 1. The first-order chi connectivity index (χ1) is 12.7. The number of para-hydroxylation sites is 1. The molecule has 0 amide bonds. The summed E-state index contributed by atoms with van der Waals surface area (Å²) in [4.78, 5) is 11.2. The van der Waals surface area contributed by atoms with Crippen molar-refractivity contribution < 1.29 is 24.1 Å². The summed E-state index contributed by atoms with van der Waals surface area (Å²) in [7, 11) is 0. The summed E-state index contributed by atoms with van der Waals surface area (Å²) < 4.78 is 16.0. The molecule has 0 heterocycles. The summed E-state index contributed by atoms with van der Waals surface area (Å²) in [5.74, 6) is 0.454. The standard InChI is InChI=1S/C21H24O5/c1-2-20(22)21(23)26-16-15-25-19-12-10-17(11-13-19)7-6-14-24-18-8-4-3-5-9-18/h2-5,8-13,22H,6-7,14-16H2,1H3. The van der Waals surface area contributed by atoms with E-state index in [0.29, 0.717) is 12.4 Å². The average molecular weight is 356 g/mol. The lowest BCUT2D eigenvalue weighted by atomic mass is 10.1. The minimum atomic E-state index is -0.746. The van der Waals surface area contributed by atoms with Gasteiger partial charge in [0, 0.05) is 0 Å².